The average molecular weight is 426 g/mol. The molecule has 0 N–H and O–H groups in total. The number of hydrogen-bond acceptors (Lipinski definition) is 3. The first-order valence-corrected chi connectivity index (χ1v) is 10.4. The van der Waals surface area contributed by atoms with E-state index in [4.69, 9.17) is 4.18 Å². The Labute approximate surface area is 157 Å². The van der Waals surface area contributed by atoms with E-state index in [0.717, 1.165) is 13.8 Å². The molecule has 1 saturated carbocycles. The van der Waals surface area contributed by atoms with Gasteiger partial charge in [-0.15, -0.1) is 0 Å². The predicted octanol–water partition coefficient (Wildman–Crippen LogP) is 5.85. The van der Waals surface area contributed by atoms with Gasteiger partial charge in [-0.2, -0.15) is 34.8 Å². The first-order valence-electron chi connectivity index (χ1n) is 8.98. The molecule has 1 fully saturated rings. The Balaban J connectivity index is 3.07. The maximum Gasteiger partial charge on any atom is 0.418 e. The molecule has 3 nitrogen and oxygen atoms in total. The second-order valence-corrected chi connectivity index (χ2v) is 10.1. The Kier molecular flexibility index (Phi) is 7.02. The summed E-state index contributed by atoms with van der Waals surface area (Å²) in [4.78, 5) is 0. The summed E-state index contributed by atoms with van der Waals surface area (Å²) in [6, 6.07) is 0. The molecule has 162 valence electrons. The van der Waals surface area contributed by atoms with Gasteiger partial charge in [0.25, 0.3) is 10.1 Å². The summed E-state index contributed by atoms with van der Waals surface area (Å²) in [5.74, 6) is -2.05. The third-order valence-electron chi connectivity index (χ3n) is 6.18. The minimum Gasteiger partial charge on any atom is -0.254 e. The summed E-state index contributed by atoms with van der Waals surface area (Å²) in [5.41, 5.74) is -4.97. The molecule has 0 aromatic carbocycles. The van der Waals surface area contributed by atoms with E-state index in [-0.39, 0.29) is 32.1 Å². The molecule has 0 heterocycles. The minimum absolute atomic E-state index is 0.0738. The third kappa shape index (κ3) is 4.92. The van der Waals surface area contributed by atoms with Crippen LogP contribution in [0.5, 0.6) is 0 Å². The highest BCUT2D eigenvalue weighted by Gasteiger charge is 2.61. The summed E-state index contributed by atoms with van der Waals surface area (Å²) >= 11 is 0. The van der Waals surface area contributed by atoms with Crippen LogP contribution in [0.15, 0.2) is 0 Å². The lowest BCUT2D eigenvalue weighted by Gasteiger charge is -2.45. The van der Waals surface area contributed by atoms with E-state index in [2.05, 4.69) is 0 Å². The van der Waals surface area contributed by atoms with Gasteiger partial charge in [-0.1, -0.05) is 20.8 Å². The zero-order chi connectivity index (χ0) is 21.5. The van der Waals surface area contributed by atoms with E-state index >= 15 is 0 Å². The number of rotatable bonds is 6. The molecule has 0 bridgehead atoms. The van der Waals surface area contributed by atoms with E-state index in [0.29, 0.717) is 6.92 Å². The van der Waals surface area contributed by atoms with Crippen LogP contribution >= 0.6 is 0 Å². The lowest BCUT2D eigenvalue weighted by molar-refractivity contribution is -0.268. The van der Waals surface area contributed by atoms with Crippen molar-refractivity contribution in [1.82, 2.24) is 0 Å². The Morgan fingerprint density at radius 2 is 1.30 bits per heavy atom. The summed E-state index contributed by atoms with van der Waals surface area (Å²) in [5, 5.41) is -1.11. The quantitative estimate of drug-likeness (QED) is 0.395. The molecule has 0 radical (unpaired) electrons. The monoisotopic (exact) mass is 426 g/mol. The molecule has 0 aliphatic heterocycles. The van der Waals surface area contributed by atoms with Crippen LogP contribution in [-0.4, -0.2) is 31.6 Å². The van der Waals surface area contributed by atoms with Crippen molar-refractivity contribution in [3.63, 3.8) is 0 Å². The first-order chi connectivity index (χ1) is 11.9. The van der Waals surface area contributed by atoms with Crippen LogP contribution in [0.1, 0.15) is 66.7 Å². The molecule has 1 aliphatic rings. The van der Waals surface area contributed by atoms with Crippen molar-refractivity contribution in [3.05, 3.63) is 0 Å². The van der Waals surface area contributed by atoms with Gasteiger partial charge in [-0.25, -0.2) is 0 Å². The van der Waals surface area contributed by atoms with E-state index in [1.54, 1.807) is 0 Å². The molecule has 10 heteroatoms. The van der Waals surface area contributed by atoms with Crippen molar-refractivity contribution in [1.29, 1.82) is 0 Å². The fraction of sp³-hybridized carbons (Fsp3) is 1.00. The molecule has 1 aliphatic carbocycles. The van der Waals surface area contributed by atoms with Crippen molar-refractivity contribution in [2.45, 2.75) is 89.9 Å². The number of alkyl halides is 6. The molecule has 0 amide bonds. The minimum atomic E-state index is -4.97. The Morgan fingerprint density at radius 3 is 1.63 bits per heavy atom. The summed E-state index contributed by atoms with van der Waals surface area (Å²) in [6.07, 6.45) is -9.86. The van der Waals surface area contributed by atoms with E-state index in [1.807, 2.05) is 0 Å². The molecule has 2 unspecified atom stereocenters. The maximum absolute atomic E-state index is 13.7. The standard InChI is InChI=1S/C17H28F6O3S/c1-6-11(2)27(24,25)26-15(5,17(21,22)23)13-9-7-12(8-10-13)14(3,4)16(18,19)20/h11-13H,6-10H2,1-5H3. The Hall–Kier alpha value is -0.510. The van der Waals surface area contributed by atoms with Crippen molar-refractivity contribution in [2.24, 2.45) is 17.3 Å². The van der Waals surface area contributed by atoms with E-state index in [9.17, 15) is 34.8 Å². The molecule has 0 aromatic heterocycles. The van der Waals surface area contributed by atoms with Gasteiger partial charge in [0.05, 0.1) is 10.7 Å². The van der Waals surface area contributed by atoms with Crippen molar-refractivity contribution in [2.75, 3.05) is 0 Å². The molecule has 0 saturated heterocycles. The van der Waals surface area contributed by atoms with Gasteiger partial charge < -0.3 is 0 Å². The van der Waals surface area contributed by atoms with Crippen molar-refractivity contribution < 1.29 is 38.9 Å². The van der Waals surface area contributed by atoms with Crippen LogP contribution in [0, 0.1) is 17.3 Å². The summed E-state index contributed by atoms with van der Waals surface area (Å²) < 4.78 is 110. The van der Waals surface area contributed by atoms with Gasteiger partial charge in [0.2, 0.25) is 0 Å². The zero-order valence-corrected chi connectivity index (χ0v) is 17.0. The van der Waals surface area contributed by atoms with Gasteiger partial charge in [0.15, 0.2) is 5.60 Å². The lowest BCUT2D eigenvalue weighted by Crippen LogP contribution is -2.54. The predicted molar refractivity (Wildman–Crippen MR) is 89.5 cm³/mol. The largest absolute Gasteiger partial charge is 0.418 e. The Bertz CT molecular complexity index is 603. The molecule has 2 atom stereocenters. The topological polar surface area (TPSA) is 43.4 Å². The second-order valence-electron chi connectivity index (χ2n) is 8.17. The fourth-order valence-corrected chi connectivity index (χ4v) is 4.76. The van der Waals surface area contributed by atoms with Gasteiger partial charge in [0, 0.05) is 0 Å². The van der Waals surface area contributed by atoms with Crippen LogP contribution in [0.2, 0.25) is 0 Å². The molecule has 27 heavy (non-hydrogen) atoms. The van der Waals surface area contributed by atoms with Crippen LogP contribution in [0.4, 0.5) is 26.3 Å². The average Bonchev–Trinajstić information content (AvgIpc) is 2.51. The number of halogens is 6. The smallest absolute Gasteiger partial charge is 0.254 e. The second kappa shape index (κ2) is 7.72. The van der Waals surface area contributed by atoms with Crippen molar-refractivity contribution >= 4 is 10.1 Å². The first kappa shape index (κ1) is 24.5. The molecule has 0 aromatic rings. The van der Waals surface area contributed by atoms with Gasteiger partial charge in [-0.05, 0) is 57.8 Å². The van der Waals surface area contributed by atoms with Gasteiger partial charge in [0.1, 0.15) is 0 Å². The van der Waals surface area contributed by atoms with Crippen LogP contribution < -0.4 is 0 Å². The van der Waals surface area contributed by atoms with Crippen LogP contribution in [0.3, 0.4) is 0 Å². The lowest BCUT2D eigenvalue weighted by atomic mass is 9.65. The Morgan fingerprint density at radius 1 is 0.889 bits per heavy atom. The normalized spacial score (nSPS) is 26.5. The molecular formula is C17H28F6O3S. The molecular weight excluding hydrogens is 398 g/mol. The van der Waals surface area contributed by atoms with Gasteiger partial charge >= 0.3 is 12.4 Å². The van der Waals surface area contributed by atoms with Gasteiger partial charge in [-0.3, -0.25) is 4.18 Å². The summed E-state index contributed by atoms with van der Waals surface area (Å²) in [6.45, 7) is 5.55. The van der Waals surface area contributed by atoms with Crippen LogP contribution in [0.25, 0.3) is 0 Å². The van der Waals surface area contributed by atoms with Crippen LogP contribution in [-0.2, 0) is 14.3 Å². The number of hydrogen-bond donors (Lipinski definition) is 0. The van der Waals surface area contributed by atoms with Crippen molar-refractivity contribution in [3.8, 4) is 0 Å². The zero-order valence-electron chi connectivity index (χ0n) is 16.2. The third-order valence-corrected chi connectivity index (χ3v) is 8.07. The highest BCUT2D eigenvalue weighted by atomic mass is 32.2. The summed E-state index contributed by atoms with van der Waals surface area (Å²) in [7, 11) is -4.47. The van der Waals surface area contributed by atoms with E-state index < -0.39 is 50.6 Å². The highest BCUT2D eigenvalue weighted by Crippen LogP contribution is 2.53. The molecule has 1 rings (SSSR count). The maximum atomic E-state index is 13.7. The highest BCUT2D eigenvalue weighted by molar-refractivity contribution is 7.87. The molecule has 0 spiro atoms. The SMILES string of the molecule is CCC(C)S(=O)(=O)OC(C)(C1CCC(C(C)(C)C(F)(F)F)CC1)C(F)(F)F. The van der Waals surface area contributed by atoms with E-state index in [1.165, 1.54) is 13.8 Å². The fourth-order valence-electron chi connectivity index (χ4n) is 3.47.